The molecule has 3 aliphatic rings. The van der Waals surface area contributed by atoms with E-state index in [-0.39, 0.29) is 6.04 Å². The summed E-state index contributed by atoms with van der Waals surface area (Å²) < 4.78 is 0. The van der Waals surface area contributed by atoms with E-state index in [4.69, 9.17) is 0 Å². The Morgan fingerprint density at radius 3 is 2.76 bits per heavy atom. The summed E-state index contributed by atoms with van der Waals surface area (Å²) in [5, 5.41) is 9.44. The van der Waals surface area contributed by atoms with E-state index in [0.29, 0.717) is 18.0 Å². The topological polar surface area (TPSA) is 40.5 Å². The molecule has 0 bridgehead atoms. The highest BCUT2D eigenvalue weighted by Crippen LogP contribution is 2.42. The van der Waals surface area contributed by atoms with Crippen molar-refractivity contribution in [1.82, 2.24) is 4.90 Å². The molecule has 4 heteroatoms. The number of carboxylic acids is 1. The van der Waals surface area contributed by atoms with Gasteiger partial charge in [-0.15, -0.1) is 0 Å². The molecule has 0 aromatic rings. The maximum absolute atomic E-state index is 11.5. The molecule has 0 aromatic carbocycles. The highest BCUT2D eigenvalue weighted by atomic mass is 32.2. The van der Waals surface area contributed by atoms with Crippen LogP contribution in [-0.4, -0.2) is 45.6 Å². The van der Waals surface area contributed by atoms with Gasteiger partial charge in [0.15, 0.2) is 0 Å². The van der Waals surface area contributed by atoms with Gasteiger partial charge in [-0.25, -0.2) is 0 Å². The number of fused-ring (bicyclic) bond motifs is 1. The number of hydrogen-bond donors (Lipinski definition) is 1. The minimum Gasteiger partial charge on any atom is -0.480 e. The predicted octanol–water partition coefficient (Wildman–Crippen LogP) is 2.21. The molecule has 2 aliphatic heterocycles. The third kappa shape index (κ3) is 2.10. The van der Waals surface area contributed by atoms with Crippen molar-refractivity contribution in [2.24, 2.45) is 5.92 Å². The Labute approximate surface area is 107 Å². The van der Waals surface area contributed by atoms with Crippen LogP contribution in [0.4, 0.5) is 0 Å². The highest BCUT2D eigenvalue weighted by molar-refractivity contribution is 7.99. The van der Waals surface area contributed by atoms with E-state index in [0.717, 1.165) is 12.2 Å². The van der Waals surface area contributed by atoms with Gasteiger partial charge in [0.1, 0.15) is 6.04 Å². The quantitative estimate of drug-likeness (QED) is 0.821. The van der Waals surface area contributed by atoms with Gasteiger partial charge >= 0.3 is 5.97 Å². The van der Waals surface area contributed by atoms with Crippen LogP contribution in [0.15, 0.2) is 0 Å². The smallest absolute Gasteiger partial charge is 0.320 e. The lowest BCUT2D eigenvalue weighted by Gasteiger charge is -2.36. The third-order valence-electron chi connectivity index (χ3n) is 4.75. The zero-order chi connectivity index (χ0) is 11.8. The number of likely N-dealkylation sites (tertiary alicyclic amines) is 1. The summed E-state index contributed by atoms with van der Waals surface area (Å²) in [6, 6.07) is 0.926. The minimum absolute atomic E-state index is 0.188. The Balaban J connectivity index is 1.81. The molecule has 3 fully saturated rings. The molecule has 2 heterocycles. The van der Waals surface area contributed by atoms with Gasteiger partial charge in [-0.3, -0.25) is 9.69 Å². The number of nitrogens with zero attached hydrogens (tertiary/aromatic N) is 1. The minimum atomic E-state index is -0.587. The van der Waals surface area contributed by atoms with Crippen molar-refractivity contribution < 1.29 is 9.90 Å². The number of carboxylic acid groups (broad SMARTS) is 1. The SMILES string of the molecule is O=C(O)C1CC2CCCCC2N1C1CCSC1. The largest absolute Gasteiger partial charge is 0.480 e. The summed E-state index contributed by atoms with van der Waals surface area (Å²) >= 11 is 1.99. The van der Waals surface area contributed by atoms with Crippen molar-refractivity contribution >= 4 is 17.7 Å². The molecular formula is C13H21NO2S. The van der Waals surface area contributed by atoms with E-state index in [1.165, 1.54) is 37.9 Å². The summed E-state index contributed by atoms with van der Waals surface area (Å²) in [6.45, 7) is 0. The van der Waals surface area contributed by atoms with Crippen molar-refractivity contribution in [2.45, 2.75) is 56.7 Å². The molecule has 1 aliphatic carbocycles. The molecule has 0 spiro atoms. The molecular weight excluding hydrogens is 234 g/mol. The van der Waals surface area contributed by atoms with Gasteiger partial charge in [-0.05, 0) is 37.4 Å². The molecule has 4 unspecified atom stereocenters. The van der Waals surface area contributed by atoms with E-state index in [2.05, 4.69) is 4.90 Å². The van der Waals surface area contributed by atoms with Crippen LogP contribution in [0.25, 0.3) is 0 Å². The van der Waals surface area contributed by atoms with E-state index >= 15 is 0 Å². The van der Waals surface area contributed by atoms with E-state index < -0.39 is 5.97 Å². The number of carbonyl (C=O) groups is 1. The summed E-state index contributed by atoms with van der Waals surface area (Å²) in [6.07, 6.45) is 7.18. The summed E-state index contributed by atoms with van der Waals surface area (Å²) in [7, 11) is 0. The molecule has 17 heavy (non-hydrogen) atoms. The molecule has 3 rings (SSSR count). The Morgan fingerprint density at radius 1 is 1.24 bits per heavy atom. The molecule has 1 N–H and O–H groups in total. The first-order valence-electron chi connectivity index (χ1n) is 6.85. The second kappa shape index (κ2) is 4.81. The summed E-state index contributed by atoms with van der Waals surface area (Å²) in [5.41, 5.74) is 0. The lowest BCUT2D eigenvalue weighted by atomic mass is 9.84. The van der Waals surface area contributed by atoms with Gasteiger partial charge in [-0.2, -0.15) is 11.8 Å². The molecule has 0 amide bonds. The van der Waals surface area contributed by atoms with Gasteiger partial charge in [0.25, 0.3) is 0 Å². The zero-order valence-corrected chi connectivity index (χ0v) is 11.0. The van der Waals surface area contributed by atoms with Crippen molar-refractivity contribution in [3.8, 4) is 0 Å². The third-order valence-corrected chi connectivity index (χ3v) is 5.90. The molecule has 0 aromatic heterocycles. The van der Waals surface area contributed by atoms with Gasteiger partial charge < -0.3 is 5.11 Å². The van der Waals surface area contributed by atoms with Gasteiger partial charge in [-0.1, -0.05) is 12.8 Å². The zero-order valence-electron chi connectivity index (χ0n) is 10.2. The van der Waals surface area contributed by atoms with Crippen LogP contribution >= 0.6 is 11.8 Å². The molecule has 96 valence electrons. The Bertz CT molecular complexity index is 304. The molecule has 3 nitrogen and oxygen atoms in total. The molecule has 4 atom stereocenters. The maximum atomic E-state index is 11.5. The van der Waals surface area contributed by atoms with Crippen LogP contribution in [0.2, 0.25) is 0 Å². The summed E-state index contributed by atoms with van der Waals surface area (Å²) in [5.74, 6) is 2.43. The first kappa shape index (κ1) is 11.8. The average molecular weight is 255 g/mol. The first-order chi connectivity index (χ1) is 8.27. The fraction of sp³-hybridized carbons (Fsp3) is 0.923. The Kier molecular flexibility index (Phi) is 3.35. The highest BCUT2D eigenvalue weighted by Gasteiger charge is 2.48. The van der Waals surface area contributed by atoms with Crippen molar-refractivity contribution in [3.05, 3.63) is 0 Å². The fourth-order valence-corrected chi connectivity index (χ4v) is 5.22. The van der Waals surface area contributed by atoms with E-state index in [9.17, 15) is 9.90 Å². The maximum Gasteiger partial charge on any atom is 0.320 e. The molecule has 0 radical (unpaired) electrons. The second-order valence-corrected chi connectivity index (χ2v) is 6.82. The van der Waals surface area contributed by atoms with Crippen molar-refractivity contribution in [1.29, 1.82) is 0 Å². The number of aliphatic carboxylic acids is 1. The fourth-order valence-electron chi connectivity index (χ4n) is 4.01. The van der Waals surface area contributed by atoms with Gasteiger partial charge in [0.05, 0.1) is 0 Å². The average Bonchev–Trinajstić information content (AvgIpc) is 2.94. The van der Waals surface area contributed by atoms with Crippen LogP contribution in [-0.2, 0) is 4.79 Å². The van der Waals surface area contributed by atoms with Crippen LogP contribution < -0.4 is 0 Å². The van der Waals surface area contributed by atoms with Gasteiger partial charge in [0.2, 0.25) is 0 Å². The predicted molar refractivity (Wildman–Crippen MR) is 69.4 cm³/mol. The van der Waals surface area contributed by atoms with Crippen LogP contribution in [0.1, 0.15) is 38.5 Å². The molecule has 2 saturated heterocycles. The Hall–Kier alpha value is -0.220. The van der Waals surface area contributed by atoms with Gasteiger partial charge in [0, 0.05) is 17.8 Å². The number of thioether (sulfide) groups is 1. The second-order valence-electron chi connectivity index (χ2n) is 5.67. The van der Waals surface area contributed by atoms with E-state index in [1.54, 1.807) is 0 Å². The lowest BCUT2D eigenvalue weighted by molar-refractivity contribution is -0.143. The number of rotatable bonds is 2. The Morgan fingerprint density at radius 2 is 2.06 bits per heavy atom. The molecule has 1 saturated carbocycles. The summed E-state index contributed by atoms with van der Waals surface area (Å²) in [4.78, 5) is 13.9. The van der Waals surface area contributed by atoms with E-state index in [1.807, 2.05) is 11.8 Å². The monoisotopic (exact) mass is 255 g/mol. The number of hydrogen-bond acceptors (Lipinski definition) is 3. The van der Waals surface area contributed by atoms with Crippen LogP contribution in [0.3, 0.4) is 0 Å². The standard InChI is InChI=1S/C13H21NO2S/c15-13(16)12-7-9-3-1-2-4-11(9)14(12)10-5-6-17-8-10/h9-12H,1-8H2,(H,15,16). The van der Waals surface area contributed by atoms with Crippen LogP contribution in [0, 0.1) is 5.92 Å². The first-order valence-corrected chi connectivity index (χ1v) is 8.01. The lowest BCUT2D eigenvalue weighted by Crippen LogP contribution is -2.48. The van der Waals surface area contributed by atoms with Crippen LogP contribution in [0.5, 0.6) is 0 Å². The normalized spacial score (nSPS) is 42.6. The van der Waals surface area contributed by atoms with Crippen molar-refractivity contribution in [2.75, 3.05) is 11.5 Å². The van der Waals surface area contributed by atoms with Crippen molar-refractivity contribution in [3.63, 3.8) is 0 Å².